The van der Waals surface area contributed by atoms with Crippen LogP contribution in [0.3, 0.4) is 0 Å². The largest absolute Gasteiger partial charge is 0.316 e. The summed E-state index contributed by atoms with van der Waals surface area (Å²) in [6.45, 7) is 0.550. The van der Waals surface area contributed by atoms with Gasteiger partial charge in [0.1, 0.15) is 0 Å². The summed E-state index contributed by atoms with van der Waals surface area (Å²) in [4.78, 5) is 0.391. The summed E-state index contributed by atoms with van der Waals surface area (Å²) in [6.07, 6.45) is 0. The van der Waals surface area contributed by atoms with Crippen molar-refractivity contribution in [2.45, 2.75) is 4.90 Å². The van der Waals surface area contributed by atoms with E-state index in [1.54, 1.807) is 19.2 Å². The third-order valence-corrected chi connectivity index (χ3v) is 4.48. The average molecular weight is 288 g/mol. The van der Waals surface area contributed by atoms with Crippen LogP contribution in [-0.4, -0.2) is 22.0 Å². The summed E-state index contributed by atoms with van der Waals surface area (Å²) in [6, 6.07) is 5.22. The van der Waals surface area contributed by atoms with Crippen molar-refractivity contribution >= 4 is 31.3 Å². The molecule has 1 aromatic rings. The molecular weight excluding hydrogens is 278 g/mol. The Kier molecular flexibility index (Phi) is 2.70. The van der Waals surface area contributed by atoms with E-state index >= 15 is 0 Å². The molecule has 0 unspecified atom stereocenters. The fourth-order valence-corrected chi connectivity index (χ4v) is 3.93. The predicted octanol–water partition coefficient (Wildman–Crippen LogP) is 1.80. The number of halogens is 1. The van der Waals surface area contributed by atoms with E-state index in [0.717, 1.165) is 15.6 Å². The fraction of sp³-hybridized carbons (Fsp3) is 0.200. The molecule has 0 aromatic heterocycles. The number of benzene rings is 1. The molecule has 1 aromatic carbocycles. The molecule has 1 aliphatic heterocycles. The van der Waals surface area contributed by atoms with Gasteiger partial charge in [0.05, 0.1) is 4.90 Å². The van der Waals surface area contributed by atoms with Crippen LogP contribution in [0.5, 0.6) is 0 Å². The van der Waals surface area contributed by atoms with Crippen molar-refractivity contribution in [3.05, 3.63) is 33.6 Å². The lowest BCUT2D eigenvalue weighted by atomic mass is 10.1. The molecule has 0 aliphatic carbocycles. The average Bonchev–Trinajstić information content (AvgIpc) is 2.41. The number of sulfone groups is 1. The number of nitrogens with one attached hydrogen (secondary N) is 1. The summed E-state index contributed by atoms with van der Waals surface area (Å²) >= 11 is 3.38. The summed E-state index contributed by atoms with van der Waals surface area (Å²) in [7, 11) is -1.44. The quantitative estimate of drug-likeness (QED) is 0.902. The van der Waals surface area contributed by atoms with Crippen LogP contribution in [0, 0.1) is 0 Å². The number of likely N-dealkylation sites (N-methyl/N-ethyl adjacent to an activating group) is 1. The third kappa shape index (κ3) is 1.75. The highest BCUT2D eigenvalue weighted by Gasteiger charge is 2.27. The van der Waals surface area contributed by atoms with Crippen LogP contribution in [-0.2, 0) is 9.84 Å². The maximum absolute atomic E-state index is 11.8. The molecule has 0 spiro atoms. The number of rotatable bonds is 2. The van der Waals surface area contributed by atoms with Crippen LogP contribution in [0.4, 0.5) is 0 Å². The summed E-state index contributed by atoms with van der Waals surface area (Å²) < 4.78 is 24.4. The fourth-order valence-electron chi connectivity index (χ4n) is 1.68. The van der Waals surface area contributed by atoms with E-state index in [0.29, 0.717) is 11.4 Å². The van der Waals surface area contributed by atoms with E-state index in [1.807, 2.05) is 6.07 Å². The second kappa shape index (κ2) is 3.73. The van der Waals surface area contributed by atoms with E-state index in [-0.39, 0.29) is 0 Å². The molecule has 0 radical (unpaired) electrons. The molecule has 1 aliphatic rings. The first-order valence-electron chi connectivity index (χ1n) is 4.45. The highest BCUT2D eigenvalue weighted by Crippen LogP contribution is 2.37. The van der Waals surface area contributed by atoms with Gasteiger partial charge in [0.15, 0.2) is 0 Å². The van der Waals surface area contributed by atoms with Crippen molar-refractivity contribution in [1.82, 2.24) is 5.32 Å². The highest BCUT2D eigenvalue weighted by molar-refractivity contribution is 9.10. The zero-order valence-corrected chi connectivity index (χ0v) is 10.5. The van der Waals surface area contributed by atoms with E-state index in [1.165, 1.54) is 5.41 Å². The smallest absolute Gasteiger partial charge is 0.200 e. The molecule has 0 saturated carbocycles. The molecule has 0 amide bonds. The minimum absolute atomic E-state index is 0.391. The van der Waals surface area contributed by atoms with Gasteiger partial charge in [-0.15, -0.1) is 0 Å². The molecule has 3 nitrogen and oxygen atoms in total. The Morgan fingerprint density at radius 3 is 2.80 bits per heavy atom. The van der Waals surface area contributed by atoms with Gasteiger partial charge in [0.2, 0.25) is 9.84 Å². The van der Waals surface area contributed by atoms with E-state index < -0.39 is 9.84 Å². The first-order chi connectivity index (χ1) is 7.06. The molecule has 0 fully saturated rings. The lowest BCUT2D eigenvalue weighted by Gasteiger charge is -2.05. The van der Waals surface area contributed by atoms with Crippen LogP contribution in [0.15, 0.2) is 33.0 Å². The second-order valence-corrected chi connectivity index (χ2v) is 5.95. The van der Waals surface area contributed by atoms with Gasteiger partial charge in [-0.25, -0.2) is 8.42 Å². The number of hydrogen-bond acceptors (Lipinski definition) is 3. The van der Waals surface area contributed by atoms with Gasteiger partial charge in [-0.05, 0) is 24.8 Å². The van der Waals surface area contributed by atoms with Crippen LogP contribution in [0.25, 0.3) is 5.57 Å². The minimum atomic E-state index is -3.23. The summed E-state index contributed by atoms with van der Waals surface area (Å²) in [5, 5.41) is 4.29. The molecule has 2 rings (SSSR count). The van der Waals surface area contributed by atoms with E-state index in [4.69, 9.17) is 0 Å². The van der Waals surface area contributed by atoms with Crippen LogP contribution in [0.1, 0.15) is 5.56 Å². The molecule has 1 heterocycles. The van der Waals surface area contributed by atoms with Crippen LogP contribution < -0.4 is 5.32 Å². The normalized spacial score (nSPS) is 17.3. The monoisotopic (exact) mass is 287 g/mol. The van der Waals surface area contributed by atoms with Gasteiger partial charge in [-0.3, -0.25) is 0 Å². The molecular formula is C10H10BrNO2S. The summed E-state index contributed by atoms with van der Waals surface area (Å²) in [5.74, 6) is 0. The lowest BCUT2D eigenvalue weighted by molar-refractivity contribution is 0.605. The zero-order valence-electron chi connectivity index (χ0n) is 8.12. The van der Waals surface area contributed by atoms with Crippen molar-refractivity contribution in [2.24, 2.45) is 0 Å². The zero-order chi connectivity index (χ0) is 11.1. The Morgan fingerprint density at radius 1 is 1.40 bits per heavy atom. The van der Waals surface area contributed by atoms with Crippen LogP contribution >= 0.6 is 15.9 Å². The maximum atomic E-state index is 11.8. The Bertz CT molecular complexity index is 534. The van der Waals surface area contributed by atoms with E-state index in [9.17, 15) is 8.42 Å². The second-order valence-electron chi connectivity index (χ2n) is 3.33. The first-order valence-corrected chi connectivity index (χ1v) is 6.79. The van der Waals surface area contributed by atoms with Crippen molar-refractivity contribution in [3.8, 4) is 0 Å². The van der Waals surface area contributed by atoms with Gasteiger partial charge in [0.25, 0.3) is 0 Å². The maximum Gasteiger partial charge on any atom is 0.200 e. The molecule has 5 heteroatoms. The van der Waals surface area contributed by atoms with Crippen molar-refractivity contribution in [3.63, 3.8) is 0 Å². The molecule has 0 saturated heterocycles. The Balaban J connectivity index is 2.69. The SMILES string of the molecule is CNCC1=CS(=O)(=O)c2cccc(Br)c21. The van der Waals surface area contributed by atoms with Crippen molar-refractivity contribution in [1.29, 1.82) is 0 Å². The van der Waals surface area contributed by atoms with Crippen molar-refractivity contribution in [2.75, 3.05) is 13.6 Å². The van der Waals surface area contributed by atoms with Gasteiger partial charge < -0.3 is 5.32 Å². The van der Waals surface area contributed by atoms with E-state index in [2.05, 4.69) is 21.2 Å². The number of hydrogen-bond donors (Lipinski definition) is 1. The molecule has 0 atom stereocenters. The molecule has 1 N–H and O–H groups in total. The predicted molar refractivity (Wildman–Crippen MR) is 63.2 cm³/mol. The van der Waals surface area contributed by atoms with Gasteiger partial charge in [-0.1, -0.05) is 22.0 Å². The Morgan fingerprint density at radius 2 is 2.13 bits per heavy atom. The molecule has 80 valence electrons. The van der Waals surface area contributed by atoms with Gasteiger partial charge in [0, 0.05) is 22.0 Å². The number of fused-ring (bicyclic) bond motifs is 1. The standard InChI is InChI=1S/C10H10BrNO2S/c1-12-5-7-6-15(13,14)9-4-2-3-8(11)10(7)9/h2-4,6,12H,5H2,1H3. The molecule has 0 bridgehead atoms. The minimum Gasteiger partial charge on any atom is -0.316 e. The Hall–Kier alpha value is -0.650. The van der Waals surface area contributed by atoms with Gasteiger partial charge >= 0.3 is 0 Å². The highest BCUT2D eigenvalue weighted by atomic mass is 79.9. The lowest BCUT2D eigenvalue weighted by Crippen LogP contribution is -2.09. The molecule has 15 heavy (non-hydrogen) atoms. The van der Waals surface area contributed by atoms with Crippen molar-refractivity contribution < 1.29 is 8.42 Å². The topological polar surface area (TPSA) is 46.2 Å². The first kappa shape index (κ1) is 10.9. The van der Waals surface area contributed by atoms with Crippen LogP contribution in [0.2, 0.25) is 0 Å². The van der Waals surface area contributed by atoms with Gasteiger partial charge in [-0.2, -0.15) is 0 Å². The Labute approximate surface area is 97.2 Å². The third-order valence-electron chi connectivity index (χ3n) is 2.27. The summed E-state index contributed by atoms with van der Waals surface area (Å²) in [5.41, 5.74) is 1.59.